The number of aliphatic imine (C=N–C) groups is 1. The number of hydroxylamine groups is 1. The average molecular weight is 239 g/mol. The van der Waals surface area contributed by atoms with Crippen molar-refractivity contribution in [2.24, 2.45) is 4.99 Å². The molecule has 1 unspecified atom stereocenters. The molecule has 0 aliphatic carbocycles. The number of hydrogen-bond acceptors (Lipinski definition) is 6. The van der Waals surface area contributed by atoms with Gasteiger partial charge in [0.15, 0.2) is 0 Å². The molecule has 7 nitrogen and oxygen atoms in total. The Bertz CT molecular complexity index is 362. The van der Waals surface area contributed by atoms with Gasteiger partial charge in [-0.05, 0) is 6.07 Å². The fourth-order valence-electron chi connectivity index (χ4n) is 1.28. The van der Waals surface area contributed by atoms with Crippen LogP contribution in [0.1, 0.15) is 0 Å². The summed E-state index contributed by atoms with van der Waals surface area (Å²) >= 11 is 0. The zero-order valence-electron chi connectivity index (χ0n) is 9.07. The molecule has 2 heterocycles. The number of ether oxygens (including phenoxy) is 3. The Labute approximate surface area is 98.0 Å². The van der Waals surface area contributed by atoms with Crippen LogP contribution >= 0.6 is 0 Å². The second-order valence-electron chi connectivity index (χ2n) is 3.33. The fraction of sp³-hybridized carbons (Fsp3) is 0.400. The topological polar surface area (TPSA) is 85.2 Å². The number of aromatic nitrogens is 1. The molecule has 1 fully saturated rings. The Morgan fingerprint density at radius 3 is 3.24 bits per heavy atom. The van der Waals surface area contributed by atoms with Crippen LogP contribution in [0.4, 0.5) is 5.69 Å². The highest BCUT2D eigenvalue weighted by molar-refractivity contribution is 5.59. The lowest BCUT2D eigenvalue weighted by Crippen LogP contribution is -2.19. The Morgan fingerprint density at radius 2 is 2.59 bits per heavy atom. The molecule has 7 heteroatoms. The van der Waals surface area contributed by atoms with E-state index >= 15 is 0 Å². The summed E-state index contributed by atoms with van der Waals surface area (Å²) in [5.41, 5.74) is 2.42. The van der Waals surface area contributed by atoms with Gasteiger partial charge in [0.05, 0.1) is 18.5 Å². The van der Waals surface area contributed by atoms with E-state index in [-0.39, 0.29) is 6.10 Å². The maximum atomic E-state index is 8.32. The van der Waals surface area contributed by atoms with E-state index in [2.05, 4.69) is 9.98 Å². The number of nitrogens with one attached hydrogen (secondary N) is 1. The van der Waals surface area contributed by atoms with Gasteiger partial charge in [0, 0.05) is 6.07 Å². The van der Waals surface area contributed by atoms with Gasteiger partial charge in [0.2, 0.25) is 5.88 Å². The van der Waals surface area contributed by atoms with Crippen LogP contribution in [0, 0.1) is 0 Å². The lowest BCUT2D eigenvalue weighted by molar-refractivity contribution is 0.0314. The standard InChI is InChI=1S/C10H13N3O4/c14-13-6-12-8-1-2-10(11-3-8)16-5-9-4-15-7-17-9/h1-3,6,9,14H,4-5,7H2,(H,12,13). The normalized spacial score (nSPS) is 19.7. The van der Waals surface area contributed by atoms with Crippen LogP contribution in [0.2, 0.25) is 0 Å². The van der Waals surface area contributed by atoms with Crippen molar-refractivity contribution in [2.45, 2.75) is 6.10 Å². The van der Waals surface area contributed by atoms with E-state index in [9.17, 15) is 0 Å². The quantitative estimate of drug-likeness (QED) is 0.441. The predicted molar refractivity (Wildman–Crippen MR) is 58.5 cm³/mol. The Hall–Kier alpha value is -1.70. The molecule has 92 valence electrons. The minimum Gasteiger partial charge on any atom is -0.475 e. The molecule has 1 saturated heterocycles. The molecule has 0 radical (unpaired) electrons. The summed E-state index contributed by atoms with van der Waals surface area (Å²) in [4.78, 5) is 7.91. The smallest absolute Gasteiger partial charge is 0.213 e. The molecular weight excluding hydrogens is 226 g/mol. The van der Waals surface area contributed by atoms with Crippen molar-refractivity contribution in [3.05, 3.63) is 18.3 Å². The Morgan fingerprint density at radius 1 is 1.65 bits per heavy atom. The first kappa shape index (κ1) is 11.8. The van der Waals surface area contributed by atoms with Gasteiger partial charge in [-0.25, -0.2) is 9.98 Å². The average Bonchev–Trinajstić information content (AvgIpc) is 2.88. The Kier molecular flexibility index (Phi) is 4.25. The molecule has 0 bridgehead atoms. The Balaban J connectivity index is 1.82. The summed E-state index contributed by atoms with van der Waals surface area (Å²) in [6.07, 6.45) is 2.66. The number of nitrogens with zero attached hydrogens (tertiary/aromatic N) is 2. The van der Waals surface area contributed by atoms with Crippen LogP contribution in [0.3, 0.4) is 0 Å². The molecule has 1 aromatic heterocycles. The van der Waals surface area contributed by atoms with Crippen molar-refractivity contribution in [1.82, 2.24) is 10.5 Å². The van der Waals surface area contributed by atoms with Crippen molar-refractivity contribution in [3.63, 3.8) is 0 Å². The molecule has 1 aromatic rings. The molecule has 1 atom stereocenters. The van der Waals surface area contributed by atoms with Crippen LogP contribution in [0.5, 0.6) is 5.88 Å². The fourth-order valence-corrected chi connectivity index (χ4v) is 1.28. The molecule has 1 aliphatic rings. The number of rotatable bonds is 5. The SMILES string of the molecule is ONC=Nc1ccc(OCC2COCO2)nc1. The van der Waals surface area contributed by atoms with E-state index in [1.165, 1.54) is 6.20 Å². The predicted octanol–water partition coefficient (Wildman–Crippen LogP) is 0.472. The van der Waals surface area contributed by atoms with E-state index in [1.54, 1.807) is 12.1 Å². The third-order valence-corrected chi connectivity index (χ3v) is 2.10. The molecule has 0 amide bonds. The summed E-state index contributed by atoms with van der Waals surface area (Å²) in [7, 11) is 0. The van der Waals surface area contributed by atoms with Crippen LogP contribution in [0.25, 0.3) is 0 Å². The lowest BCUT2D eigenvalue weighted by atomic mass is 10.4. The van der Waals surface area contributed by atoms with Gasteiger partial charge in [0.25, 0.3) is 0 Å². The van der Waals surface area contributed by atoms with E-state index < -0.39 is 0 Å². The van der Waals surface area contributed by atoms with Gasteiger partial charge >= 0.3 is 0 Å². The summed E-state index contributed by atoms with van der Waals surface area (Å²) in [6.45, 7) is 1.28. The van der Waals surface area contributed by atoms with Crippen molar-refractivity contribution >= 4 is 12.0 Å². The van der Waals surface area contributed by atoms with Gasteiger partial charge in [-0.3, -0.25) is 10.7 Å². The van der Waals surface area contributed by atoms with E-state index in [4.69, 9.17) is 19.4 Å². The van der Waals surface area contributed by atoms with Crippen molar-refractivity contribution in [3.8, 4) is 5.88 Å². The zero-order chi connectivity index (χ0) is 11.9. The first-order valence-electron chi connectivity index (χ1n) is 5.09. The van der Waals surface area contributed by atoms with Crippen LogP contribution in [-0.4, -0.2) is 42.6 Å². The van der Waals surface area contributed by atoms with Gasteiger partial charge in [-0.15, -0.1) is 0 Å². The van der Waals surface area contributed by atoms with E-state index in [1.807, 2.05) is 5.48 Å². The summed E-state index contributed by atoms with van der Waals surface area (Å²) < 4.78 is 15.7. The maximum Gasteiger partial charge on any atom is 0.213 e. The molecule has 17 heavy (non-hydrogen) atoms. The highest BCUT2D eigenvalue weighted by atomic mass is 16.7. The van der Waals surface area contributed by atoms with Crippen molar-refractivity contribution in [1.29, 1.82) is 0 Å². The third-order valence-electron chi connectivity index (χ3n) is 2.10. The molecule has 0 aromatic carbocycles. The van der Waals surface area contributed by atoms with Crippen molar-refractivity contribution < 1.29 is 19.4 Å². The minimum absolute atomic E-state index is 0.0342. The second-order valence-corrected chi connectivity index (χ2v) is 3.33. The molecule has 1 aliphatic heterocycles. The lowest BCUT2D eigenvalue weighted by Gasteiger charge is -2.08. The van der Waals surface area contributed by atoms with Crippen LogP contribution in [-0.2, 0) is 9.47 Å². The van der Waals surface area contributed by atoms with Gasteiger partial charge in [-0.1, -0.05) is 0 Å². The monoisotopic (exact) mass is 239 g/mol. The largest absolute Gasteiger partial charge is 0.475 e. The highest BCUT2D eigenvalue weighted by Gasteiger charge is 2.16. The maximum absolute atomic E-state index is 8.32. The molecule has 0 saturated carbocycles. The third kappa shape index (κ3) is 3.66. The summed E-state index contributed by atoms with van der Waals surface area (Å²) in [5, 5.41) is 8.32. The van der Waals surface area contributed by atoms with E-state index in [0.717, 1.165) is 6.34 Å². The summed E-state index contributed by atoms with van der Waals surface area (Å²) in [5.74, 6) is 0.497. The molecular formula is C10H13N3O4. The summed E-state index contributed by atoms with van der Waals surface area (Å²) in [6, 6.07) is 3.42. The molecule has 2 rings (SSSR count). The molecule has 2 N–H and O–H groups in total. The van der Waals surface area contributed by atoms with Gasteiger partial charge in [-0.2, -0.15) is 0 Å². The number of pyridine rings is 1. The number of hydrogen-bond donors (Lipinski definition) is 2. The van der Waals surface area contributed by atoms with Crippen LogP contribution in [0.15, 0.2) is 23.3 Å². The first-order chi connectivity index (χ1) is 8.38. The van der Waals surface area contributed by atoms with Gasteiger partial charge < -0.3 is 14.2 Å². The zero-order valence-corrected chi connectivity index (χ0v) is 9.07. The highest BCUT2D eigenvalue weighted by Crippen LogP contribution is 2.14. The van der Waals surface area contributed by atoms with Gasteiger partial charge in [0.1, 0.15) is 25.8 Å². The second kappa shape index (κ2) is 6.14. The molecule has 0 spiro atoms. The minimum atomic E-state index is -0.0342. The van der Waals surface area contributed by atoms with Crippen molar-refractivity contribution in [2.75, 3.05) is 20.0 Å². The van der Waals surface area contributed by atoms with Crippen LogP contribution < -0.4 is 10.2 Å². The first-order valence-corrected chi connectivity index (χ1v) is 5.09. The van der Waals surface area contributed by atoms with E-state index in [0.29, 0.717) is 31.6 Å².